The second-order valence-corrected chi connectivity index (χ2v) is 9.61. The molecule has 1 fully saturated rings. The number of nitrogens with one attached hydrogen (secondary N) is 1. The van der Waals surface area contributed by atoms with Crippen LogP contribution < -0.4 is 5.32 Å². The molecular formula is C20H23BrN2O6S. The third kappa shape index (κ3) is 6.82. The number of piperidine rings is 1. The normalized spacial score (nSPS) is 15.0. The summed E-state index contributed by atoms with van der Waals surface area (Å²) in [5, 5.41) is 18.3. The van der Waals surface area contributed by atoms with Gasteiger partial charge in [-0.05, 0) is 56.2 Å². The van der Waals surface area contributed by atoms with Crippen molar-refractivity contribution < 1.29 is 28.2 Å². The van der Waals surface area contributed by atoms with Gasteiger partial charge in [0.15, 0.2) is 0 Å². The predicted octanol–water partition coefficient (Wildman–Crippen LogP) is 3.18. The molecule has 8 nitrogen and oxygen atoms in total. The van der Waals surface area contributed by atoms with Gasteiger partial charge in [0.2, 0.25) is 10.0 Å². The number of aryl methyl sites for hydroxylation is 1. The Morgan fingerprint density at radius 2 is 1.47 bits per heavy atom. The topological polar surface area (TPSA) is 124 Å². The number of aliphatic carboxylic acids is 2. The Hall–Kier alpha value is -2.43. The molecule has 1 heterocycles. The SMILES string of the molecule is Cc1ccc(S(=O)(=O)N2CCC(Nc3ccc(Br)cc3)CC2)cc1.O=C(O)C(=O)O. The number of rotatable bonds is 4. The Morgan fingerprint density at radius 1 is 0.967 bits per heavy atom. The summed E-state index contributed by atoms with van der Waals surface area (Å²) < 4.78 is 28.0. The Kier molecular flexibility index (Phi) is 8.39. The van der Waals surface area contributed by atoms with E-state index in [0.29, 0.717) is 24.0 Å². The fraction of sp³-hybridized carbons (Fsp3) is 0.300. The molecule has 30 heavy (non-hydrogen) atoms. The van der Waals surface area contributed by atoms with Crippen molar-refractivity contribution >= 4 is 43.6 Å². The number of anilines is 1. The van der Waals surface area contributed by atoms with Crippen LogP contribution in [0.2, 0.25) is 0 Å². The highest BCUT2D eigenvalue weighted by atomic mass is 79.9. The third-order valence-electron chi connectivity index (χ3n) is 4.51. The predicted molar refractivity (Wildman–Crippen MR) is 116 cm³/mol. The smallest absolute Gasteiger partial charge is 0.414 e. The van der Waals surface area contributed by atoms with Gasteiger partial charge in [0.05, 0.1) is 4.90 Å². The molecule has 2 aromatic carbocycles. The second kappa shape index (κ2) is 10.6. The van der Waals surface area contributed by atoms with Crippen molar-refractivity contribution in [2.75, 3.05) is 18.4 Å². The van der Waals surface area contributed by atoms with Crippen LogP contribution in [0.4, 0.5) is 5.69 Å². The van der Waals surface area contributed by atoms with Gasteiger partial charge in [-0.25, -0.2) is 18.0 Å². The van der Waals surface area contributed by atoms with Crippen LogP contribution >= 0.6 is 15.9 Å². The molecule has 3 rings (SSSR count). The van der Waals surface area contributed by atoms with Crippen molar-refractivity contribution in [3.8, 4) is 0 Å². The molecular weight excluding hydrogens is 476 g/mol. The minimum atomic E-state index is -3.38. The van der Waals surface area contributed by atoms with Gasteiger partial charge in [-0.1, -0.05) is 33.6 Å². The van der Waals surface area contributed by atoms with Crippen molar-refractivity contribution in [1.29, 1.82) is 0 Å². The Morgan fingerprint density at radius 3 is 1.93 bits per heavy atom. The molecule has 3 N–H and O–H groups in total. The van der Waals surface area contributed by atoms with Crippen LogP contribution in [0.5, 0.6) is 0 Å². The molecule has 1 saturated heterocycles. The monoisotopic (exact) mass is 498 g/mol. The molecule has 1 aliphatic heterocycles. The van der Waals surface area contributed by atoms with Crippen molar-refractivity contribution in [2.45, 2.75) is 30.7 Å². The molecule has 0 amide bonds. The summed E-state index contributed by atoms with van der Waals surface area (Å²) in [5.41, 5.74) is 2.13. The van der Waals surface area contributed by atoms with Gasteiger partial charge in [0.25, 0.3) is 0 Å². The first-order valence-electron chi connectivity index (χ1n) is 9.14. The van der Waals surface area contributed by atoms with Crippen LogP contribution in [-0.4, -0.2) is 54.0 Å². The van der Waals surface area contributed by atoms with Crippen molar-refractivity contribution in [3.05, 3.63) is 58.6 Å². The summed E-state index contributed by atoms with van der Waals surface area (Å²) in [4.78, 5) is 18.6. The fourth-order valence-electron chi connectivity index (χ4n) is 2.88. The summed E-state index contributed by atoms with van der Waals surface area (Å²) in [5.74, 6) is -3.65. The molecule has 0 aliphatic carbocycles. The average molecular weight is 499 g/mol. The maximum Gasteiger partial charge on any atom is 0.414 e. The van der Waals surface area contributed by atoms with Gasteiger partial charge in [0, 0.05) is 29.3 Å². The lowest BCUT2D eigenvalue weighted by Crippen LogP contribution is -2.42. The van der Waals surface area contributed by atoms with Crippen molar-refractivity contribution in [1.82, 2.24) is 4.31 Å². The van der Waals surface area contributed by atoms with E-state index < -0.39 is 22.0 Å². The molecule has 0 saturated carbocycles. The lowest BCUT2D eigenvalue weighted by Gasteiger charge is -2.32. The maximum absolute atomic E-state index is 12.7. The average Bonchev–Trinajstić information content (AvgIpc) is 2.71. The number of sulfonamides is 1. The summed E-state index contributed by atoms with van der Waals surface area (Å²) in [6, 6.07) is 15.4. The number of benzene rings is 2. The number of halogens is 1. The quantitative estimate of drug-likeness (QED) is 0.552. The molecule has 0 bridgehead atoms. The second-order valence-electron chi connectivity index (χ2n) is 6.75. The zero-order valence-electron chi connectivity index (χ0n) is 16.3. The van der Waals surface area contributed by atoms with E-state index in [1.165, 1.54) is 0 Å². The summed E-state index contributed by atoms with van der Waals surface area (Å²) in [7, 11) is -3.38. The van der Waals surface area contributed by atoms with E-state index >= 15 is 0 Å². The highest BCUT2D eigenvalue weighted by molar-refractivity contribution is 9.10. The Bertz CT molecular complexity index is 957. The van der Waals surface area contributed by atoms with Crippen LogP contribution in [0.3, 0.4) is 0 Å². The van der Waals surface area contributed by atoms with Gasteiger partial charge in [-0.15, -0.1) is 0 Å². The number of hydrogen-bond acceptors (Lipinski definition) is 5. The molecule has 0 unspecified atom stereocenters. The highest BCUT2D eigenvalue weighted by Crippen LogP contribution is 2.23. The fourth-order valence-corrected chi connectivity index (χ4v) is 4.62. The van der Waals surface area contributed by atoms with Crippen LogP contribution in [0.1, 0.15) is 18.4 Å². The lowest BCUT2D eigenvalue weighted by molar-refractivity contribution is -0.159. The van der Waals surface area contributed by atoms with Gasteiger partial charge in [0.1, 0.15) is 0 Å². The van der Waals surface area contributed by atoms with E-state index in [1.54, 1.807) is 16.4 Å². The van der Waals surface area contributed by atoms with E-state index in [1.807, 2.05) is 43.3 Å². The maximum atomic E-state index is 12.7. The number of carboxylic acids is 2. The Labute approximate surface area is 183 Å². The highest BCUT2D eigenvalue weighted by Gasteiger charge is 2.29. The van der Waals surface area contributed by atoms with Crippen molar-refractivity contribution in [2.24, 2.45) is 0 Å². The molecule has 162 valence electrons. The largest absolute Gasteiger partial charge is 0.473 e. The minimum Gasteiger partial charge on any atom is -0.473 e. The van der Waals surface area contributed by atoms with Crippen LogP contribution in [0, 0.1) is 6.92 Å². The first kappa shape index (κ1) is 23.8. The number of carbonyl (C=O) groups is 2. The molecule has 1 aliphatic rings. The summed E-state index contributed by atoms with van der Waals surface area (Å²) >= 11 is 3.43. The van der Waals surface area contributed by atoms with E-state index in [-0.39, 0.29) is 0 Å². The number of nitrogens with zero attached hydrogens (tertiary/aromatic N) is 1. The van der Waals surface area contributed by atoms with Crippen molar-refractivity contribution in [3.63, 3.8) is 0 Å². The first-order valence-corrected chi connectivity index (χ1v) is 11.4. The lowest BCUT2D eigenvalue weighted by atomic mass is 10.1. The first-order chi connectivity index (χ1) is 14.1. The number of hydrogen-bond donors (Lipinski definition) is 3. The molecule has 0 radical (unpaired) electrons. The summed E-state index contributed by atoms with van der Waals surface area (Å²) in [6.45, 7) is 3.05. The zero-order valence-corrected chi connectivity index (χ0v) is 18.7. The zero-order chi connectivity index (χ0) is 22.3. The van der Waals surface area contributed by atoms with E-state index in [4.69, 9.17) is 19.8 Å². The van der Waals surface area contributed by atoms with Crippen LogP contribution in [0.25, 0.3) is 0 Å². The molecule has 0 aromatic heterocycles. The summed E-state index contributed by atoms with van der Waals surface area (Å²) in [6.07, 6.45) is 1.61. The molecule has 10 heteroatoms. The molecule has 0 spiro atoms. The van der Waals surface area contributed by atoms with E-state index in [9.17, 15) is 8.42 Å². The Balaban J connectivity index is 0.000000469. The molecule has 0 atom stereocenters. The van der Waals surface area contributed by atoms with Crippen LogP contribution in [0.15, 0.2) is 57.9 Å². The van der Waals surface area contributed by atoms with E-state index in [0.717, 1.165) is 28.6 Å². The third-order valence-corrected chi connectivity index (χ3v) is 6.95. The van der Waals surface area contributed by atoms with Gasteiger partial charge < -0.3 is 15.5 Å². The molecule has 2 aromatic rings. The standard InChI is InChI=1S/C18H21BrN2O2S.C2H2O4/c1-14-2-8-18(9-3-14)24(22,23)21-12-10-17(11-13-21)20-16-6-4-15(19)5-7-16;3-1(4)2(5)6/h2-9,17,20H,10-13H2,1H3;(H,3,4)(H,5,6). The van der Waals surface area contributed by atoms with Crippen LogP contribution in [-0.2, 0) is 19.6 Å². The van der Waals surface area contributed by atoms with Gasteiger partial charge in [-0.3, -0.25) is 0 Å². The minimum absolute atomic E-state index is 0.302. The van der Waals surface area contributed by atoms with Gasteiger partial charge in [-0.2, -0.15) is 4.31 Å². The van der Waals surface area contributed by atoms with E-state index in [2.05, 4.69) is 21.2 Å². The van der Waals surface area contributed by atoms with Gasteiger partial charge >= 0.3 is 11.9 Å². The number of carboxylic acid groups (broad SMARTS) is 2.